The molecule has 0 unspecified atom stereocenters. The molecule has 3 fully saturated rings. The Morgan fingerprint density at radius 1 is 1.09 bits per heavy atom. The Hall–Kier alpha value is -2.48. The van der Waals surface area contributed by atoms with E-state index in [0.717, 1.165) is 86.5 Å². The van der Waals surface area contributed by atoms with Crippen LogP contribution in [0.2, 0.25) is 0 Å². The van der Waals surface area contributed by atoms with Gasteiger partial charge in [0, 0.05) is 50.1 Å². The molecule has 8 nitrogen and oxygen atoms in total. The molecule has 32 heavy (non-hydrogen) atoms. The quantitative estimate of drug-likeness (QED) is 0.716. The molecule has 0 aromatic carbocycles. The van der Waals surface area contributed by atoms with E-state index in [2.05, 4.69) is 6.92 Å². The Labute approximate surface area is 188 Å². The first-order valence-corrected chi connectivity index (χ1v) is 12.1. The van der Waals surface area contributed by atoms with Crippen molar-refractivity contribution in [1.29, 1.82) is 0 Å². The number of aromatic nitrogens is 3. The van der Waals surface area contributed by atoms with Gasteiger partial charge in [0.15, 0.2) is 5.65 Å². The molecule has 0 spiro atoms. The molecule has 2 amide bonds. The van der Waals surface area contributed by atoms with Crippen molar-refractivity contribution in [2.75, 3.05) is 26.2 Å². The first kappa shape index (κ1) is 21.4. The smallest absolute Gasteiger partial charge is 0.252 e. The SMILES string of the molecule is Cc1nc2cc([C@H]3CCCN3C(=O)[C@@H]3CCCO3)nn2c(C)c1CCC(=O)N1CCCC1. The predicted molar refractivity (Wildman–Crippen MR) is 119 cm³/mol. The van der Waals surface area contributed by atoms with Gasteiger partial charge in [0.25, 0.3) is 5.91 Å². The monoisotopic (exact) mass is 439 g/mol. The molecule has 172 valence electrons. The summed E-state index contributed by atoms with van der Waals surface area (Å²) in [6.45, 7) is 7.27. The van der Waals surface area contributed by atoms with Crippen LogP contribution in [0.5, 0.6) is 0 Å². The Kier molecular flexibility index (Phi) is 5.88. The van der Waals surface area contributed by atoms with Crippen LogP contribution in [0.15, 0.2) is 6.07 Å². The molecule has 3 aliphatic heterocycles. The highest BCUT2D eigenvalue weighted by atomic mass is 16.5. The van der Waals surface area contributed by atoms with Crippen molar-refractivity contribution >= 4 is 17.5 Å². The van der Waals surface area contributed by atoms with Crippen molar-refractivity contribution in [2.45, 2.75) is 77.4 Å². The fourth-order valence-electron chi connectivity index (χ4n) is 5.52. The third-order valence-electron chi connectivity index (χ3n) is 7.31. The highest BCUT2D eigenvalue weighted by Crippen LogP contribution is 2.34. The van der Waals surface area contributed by atoms with Crippen LogP contribution in [0.4, 0.5) is 0 Å². The van der Waals surface area contributed by atoms with Gasteiger partial charge in [-0.2, -0.15) is 5.10 Å². The normalized spacial score (nSPS) is 23.6. The number of hydrogen-bond donors (Lipinski definition) is 0. The number of likely N-dealkylation sites (tertiary alicyclic amines) is 2. The molecule has 5 heterocycles. The van der Waals surface area contributed by atoms with Crippen molar-refractivity contribution < 1.29 is 14.3 Å². The van der Waals surface area contributed by atoms with Gasteiger partial charge in [-0.25, -0.2) is 9.50 Å². The summed E-state index contributed by atoms with van der Waals surface area (Å²) in [5.74, 6) is 0.334. The molecule has 3 saturated heterocycles. The molecule has 0 radical (unpaired) electrons. The van der Waals surface area contributed by atoms with Gasteiger partial charge in [-0.3, -0.25) is 9.59 Å². The van der Waals surface area contributed by atoms with Gasteiger partial charge in [-0.05, 0) is 64.4 Å². The van der Waals surface area contributed by atoms with Crippen LogP contribution in [-0.2, 0) is 20.7 Å². The summed E-state index contributed by atoms with van der Waals surface area (Å²) in [7, 11) is 0. The van der Waals surface area contributed by atoms with E-state index in [-0.39, 0.29) is 24.0 Å². The van der Waals surface area contributed by atoms with E-state index in [1.807, 2.05) is 27.3 Å². The van der Waals surface area contributed by atoms with E-state index in [1.54, 1.807) is 0 Å². The number of carbonyl (C=O) groups is 2. The Balaban J connectivity index is 1.37. The molecule has 8 heteroatoms. The summed E-state index contributed by atoms with van der Waals surface area (Å²) in [5.41, 5.74) is 4.78. The molecule has 2 aromatic heterocycles. The van der Waals surface area contributed by atoms with Crippen LogP contribution in [0.1, 0.15) is 73.6 Å². The van der Waals surface area contributed by atoms with Crippen LogP contribution in [0.25, 0.3) is 5.65 Å². The van der Waals surface area contributed by atoms with Crippen LogP contribution in [-0.4, -0.2) is 68.6 Å². The minimum Gasteiger partial charge on any atom is -0.368 e. The third kappa shape index (κ3) is 3.89. The minimum atomic E-state index is -0.297. The number of hydrogen-bond acceptors (Lipinski definition) is 5. The number of aryl methyl sites for hydroxylation is 2. The van der Waals surface area contributed by atoms with Gasteiger partial charge in [-0.1, -0.05) is 0 Å². The number of nitrogens with zero attached hydrogens (tertiary/aromatic N) is 5. The van der Waals surface area contributed by atoms with E-state index in [4.69, 9.17) is 14.8 Å². The standard InChI is InChI=1S/C24H33N5O3/c1-16-18(9-10-23(30)27-11-3-4-12-27)17(2)29-22(25-16)15-19(26-29)20-7-5-13-28(20)24(31)21-8-6-14-32-21/h15,20-21H,3-14H2,1-2H3/t20-,21+/m1/s1. The Morgan fingerprint density at radius 2 is 1.91 bits per heavy atom. The van der Waals surface area contributed by atoms with E-state index in [0.29, 0.717) is 19.4 Å². The van der Waals surface area contributed by atoms with Crippen molar-refractivity contribution in [1.82, 2.24) is 24.4 Å². The minimum absolute atomic E-state index is 0.0201. The number of rotatable bonds is 5. The Morgan fingerprint density at radius 3 is 2.66 bits per heavy atom. The lowest BCUT2D eigenvalue weighted by Crippen LogP contribution is -2.38. The fraction of sp³-hybridized carbons (Fsp3) is 0.667. The van der Waals surface area contributed by atoms with Gasteiger partial charge in [0.1, 0.15) is 6.10 Å². The lowest BCUT2D eigenvalue weighted by atomic mass is 10.1. The summed E-state index contributed by atoms with van der Waals surface area (Å²) in [6.07, 6.45) is 6.77. The summed E-state index contributed by atoms with van der Waals surface area (Å²) in [5, 5.41) is 4.88. The van der Waals surface area contributed by atoms with Crippen LogP contribution in [0, 0.1) is 13.8 Å². The van der Waals surface area contributed by atoms with Gasteiger partial charge >= 0.3 is 0 Å². The molecule has 0 aliphatic carbocycles. The highest BCUT2D eigenvalue weighted by Gasteiger charge is 2.37. The van der Waals surface area contributed by atoms with Crippen molar-refractivity contribution in [3.8, 4) is 0 Å². The van der Waals surface area contributed by atoms with Crippen molar-refractivity contribution in [3.63, 3.8) is 0 Å². The lowest BCUT2D eigenvalue weighted by molar-refractivity contribution is -0.142. The molecule has 5 rings (SSSR count). The zero-order valence-electron chi connectivity index (χ0n) is 19.2. The van der Waals surface area contributed by atoms with E-state index in [9.17, 15) is 9.59 Å². The number of fused-ring (bicyclic) bond motifs is 1. The molecule has 2 aromatic rings. The molecule has 2 atom stereocenters. The molecule has 0 N–H and O–H groups in total. The molecular weight excluding hydrogens is 406 g/mol. The average Bonchev–Trinajstić information content (AvgIpc) is 3.58. The second kappa shape index (κ2) is 8.81. The molecule has 0 saturated carbocycles. The fourth-order valence-corrected chi connectivity index (χ4v) is 5.52. The van der Waals surface area contributed by atoms with Crippen LogP contribution >= 0.6 is 0 Å². The summed E-state index contributed by atoms with van der Waals surface area (Å²) in [4.78, 5) is 34.2. The maximum absolute atomic E-state index is 13.0. The molecular formula is C24H33N5O3. The summed E-state index contributed by atoms with van der Waals surface area (Å²) in [6, 6.07) is 2.00. The summed E-state index contributed by atoms with van der Waals surface area (Å²) < 4.78 is 7.54. The number of amides is 2. The average molecular weight is 440 g/mol. The second-order valence-corrected chi connectivity index (χ2v) is 9.38. The van der Waals surface area contributed by atoms with Crippen molar-refractivity contribution in [2.24, 2.45) is 0 Å². The maximum Gasteiger partial charge on any atom is 0.252 e. The first-order chi connectivity index (χ1) is 15.5. The van der Waals surface area contributed by atoms with Gasteiger partial charge < -0.3 is 14.5 Å². The zero-order chi connectivity index (χ0) is 22.2. The third-order valence-corrected chi connectivity index (χ3v) is 7.31. The zero-order valence-corrected chi connectivity index (χ0v) is 19.2. The van der Waals surface area contributed by atoms with Gasteiger partial charge in [-0.15, -0.1) is 0 Å². The summed E-state index contributed by atoms with van der Waals surface area (Å²) >= 11 is 0. The van der Waals surface area contributed by atoms with Crippen molar-refractivity contribution in [3.05, 3.63) is 28.7 Å². The van der Waals surface area contributed by atoms with E-state index < -0.39 is 0 Å². The topological polar surface area (TPSA) is 80.0 Å². The van der Waals surface area contributed by atoms with Gasteiger partial charge in [0.05, 0.1) is 11.7 Å². The van der Waals surface area contributed by atoms with Crippen LogP contribution in [0.3, 0.4) is 0 Å². The highest BCUT2D eigenvalue weighted by molar-refractivity contribution is 5.82. The number of ether oxygens (including phenoxy) is 1. The Bertz CT molecular complexity index is 1020. The van der Waals surface area contributed by atoms with Crippen LogP contribution < -0.4 is 0 Å². The molecule has 0 bridgehead atoms. The lowest BCUT2D eigenvalue weighted by Gasteiger charge is -2.25. The largest absolute Gasteiger partial charge is 0.368 e. The first-order valence-electron chi connectivity index (χ1n) is 12.1. The maximum atomic E-state index is 13.0. The van der Waals surface area contributed by atoms with Gasteiger partial charge in [0.2, 0.25) is 5.91 Å². The molecule has 3 aliphatic rings. The second-order valence-electron chi connectivity index (χ2n) is 9.38. The predicted octanol–water partition coefficient (Wildman–Crippen LogP) is 2.74. The van der Waals surface area contributed by atoms with E-state index in [1.165, 1.54) is 0 Å². The number of carbonyl (C=O) groups excluding carboxylic acids is 2. The van der Waals surface area contributed by atoms with E-state index >= 15 is 0 Å².